The molecule has 0 radical (unpaired) electrons. The van der Waals surface area contributed by atoms with Gasteiger partial charge in [0.1, 0.15) is 11.1 Å². The number of aromatic nitrogens is 2. The summed E-state index contributed by atoms with van der Waals surface area (Å²) in [5, 5.41) is 10.3. The minimum absolute atomic E-state index is 0.0429. The summed E-state index contributed by atoms with van der Waals surface area (Å²) >= 11 is 0. The van der Waals surface area contributed by atoms with E-state index < -0.39 is 5.56 Å². The zero-order valence-electron chi connectivity index (χ0n) is 14.0. The molecule has 0 aliphatic rings. The lowest BCUT2D eigenvalue weighted by Gasteiger charge is -2.12. The summed E-state index contributed by atoms with van der Waals surface area (Å²) in [6, 6.07) is 10.5. The van der Waals surface area contributed by atoms with Gasteiger partial charge in [0.05, 0.1) is 12.1 Å². The Bertz CT molecular complexity index is 1030. The van der Waals surface area contributed by atoms with Gasteiger partial charge < -0.3 is 14.2 Å². The maximum absolute atomic E-state index is 12.9. The van der Waals surface area contributed by atoms with E-state index in [4.69, 9.17) is 0 Å². The first-order chi connectivity index (χ1) is 12.0. The van der Waals surface area contributed by atoms with Crippen molar-refractivity contribution >= 4 is 23.0 Å². The molecule has 0 unspecified atom stereocenters. The number of aryl methyl sites for hydroxylation is 2. The number of nitrogens with zero attached hydrogens (tertiary/aromatic N) is 2. The maximum atomic E-state index is 12.9. The van der Waals surface area contributed by atoms with E-state index >= 15 is 0 Å². The van der Waals surface area contributed by atoms with Crippen LogP contribution in [0, 0.1) is 0 Å². The minimum atomic E-state index is -0.472. The van der Waals surface area contributed by atoms with Crippen molar-refractivity contribution in [2.24, 2.45) is 7.05 Å². The summed E-state index contributed by atoms with van der Waals surface area (Å²) in [5.74, 6) is -0.538. The molecule has 1 aromatic carbocycles. The Balaban J connectivity index is 2.20. The maximum Gasteiger partial charge on any atom is 0.264 e. The van der Waals surface area contributed by atoms with E-state index in [1.807, 2.05) is 13.0 Å². The number of pyridine rings is 1. The van der Waals surface area contributed by atoms with Gasteiger partial charge in [-0.2, -0.15) is 0 Å². The van der Waals surface area contributed by atoms with Crippen molar-refractivity contribution in [1.82, 2.24) is 9.13 Å². The molecule has 25 heavy (non-hydrogen) atoms. The van der Waals surface area contributed by atoms with E-state index in [0.717, 1.165) is 0 Å². The SMILES string of the molecule is CCc1cc2c(c(O)c(C=O)n2C)c(=O)n1CC(=O)c1ccccc1. The highest BCUT2D eigenvalue weighted by Gasteiger charge is 2.21. The number of hydrogen-bond acceptors (Lipinski definition) is 4. The molecule has 6 heteroatoms. The Morgan fingerprint density at radius 1 is 1.24 bits per heavy atom. The second kappa shape index (κ2) is 6.39. The Kier molecular flexibility index (Phi) is 4.27. The quantitative estimate of drug-likeness (QED) is 0.572. The summed E-state index contributed by atoms with van der Waals surface area (Å²) in [6.07, 6.45) is 1.05. The minimum Gasteiger partial charge on any atom is -0.505 e. The summed E-state index contributed by atoms with van der Waals surface area (Å²) in [7, 11) is 1.62. The fraction of sp³-hybridized carbons (Fsp3) is 0.211. The zero-order valence-corrected chi connectivity index (χ0v) is 14.0. The van der Waals surface area contributed by atoms with Gasteiger partial charge in [-0.05, 0) is 12.5 Å². The Morgan fingerprint density at radius 2 is 1.92 bits per heavy atom. The van der Waals surface area contributed by atoms with E-state index in [9.17, 15) is 19.5 Å². The van der Waals surface area contributed by atoms with Crippen LogP contribution in [-0.4, -0.2) is 26.3 Å². The van der Waals surface area contributed by atoms with Crippen LogP contribution >= 0.6 is 0 Å². The third-order valence-corrected chi connectivity index (χ3v) is 4.44. The van der Waals surface area contributed by atoms with Crippen LogP contribution in [0.1, 0.15) is 33.5 Å². The number of rotatable bonds is 5. The smallest absolute Gasteiger partial charge is 0.264 e. The Labute approximate surface area is 143 Å². The molecular formula is C19H18N2O4. The molecular weight excluding hydrogens is 320 g/mol. The van der Waals surface area contributed by atoms with Crippen molar-refractivity contribution in [1.29, 1.82) is 0 Å². The second-order valence-corrected chi connectivity index (χ2v) is 5.84. The van der Waals surface area contributed by atoms with Gasteiger partial charge in [0.2, 0.25) is 0 Å². The highest BCUT2D eigenvalue weighted by Crippen LogP contribution is 2.28. The van der Waals surface area contributed by atoms with Crippen LogP contribution in [0.15, 0.2) is 41.2 Å². The molecule has 0 spiro atoms. The van der Waals surface area contributed by atoms with Gasteiger partial charge in [-0.3, -0.25) is 14.4 Å². The molecule has 2 heterocycles. The Hall–Kier alpha value is -3.15. The summed E-state index contributed by atoms with van der Waals surface area (Å²) in [4.78, 5) is 36.6. The molecule has 6 nitrogen and oxygen atoms in total. The monoisotopic (exact) mass is 338 g/mol. The summed E-state index contributed by atoms with van der Waals surface area (Å²) in [6.45, 7) is 1.76. The molecule has 1 N–H and O–H groups in total. The average molecular weight is 338 g/mol. The van der Waals surface area contributed by atoms with Crippen LogP contribution in [0.5, 0.6) is 5.75 Å². The molecule has 128 valence electrons. The lowest BCUT2D eigenvalue weighted by Crippen LogP contribution is -2.27. The van der Waals surface area contributed by atoms with Crippen molar-refractivity contribution in [2.75, 3.05) is 0 Å². The number of ketones is 1. The number of fused-ring (bicyclic) bond motifs is 1. The largest absolute Gasteiger partial charge is 0.505 e. The van der Waals surface area contributed by atoms with E-state index in [0.29, 0.717) is 29.5 Å². The van der Waals surface area contributed by atoms with Gasteiger partial charge in [-0.25, -0.2) is 0 Å². The molecule has 0 aliphatic heterocycles. The van der Waals surface area contributed by atoms with Crippen LogP contribution in [0.25, 0.3) is 10.9 Å². The Morgan fingerprint density at radius 3 is 2.52 bits per heavy atom. The first kappa shape index (κ1) is 16.7. The van der Waals surface area contributed by atoms with Crippen LogP contribution in [-0.2, 0) is 20.0 Å². The average Bonchev–Trinajstić information content (AvgIpc) is 2.87. The topological polar surface area (TPSA) is 81.3 Å². The van der Waals surface area contributed by atoms with E-state index in [1.54, 1.807) is 37.4 Å². The first-order valence-corrected chi connectivity index (χ1v) is 7.97. The van der Waals surface area contributed by atoms with E-state index in [-0.39, 0.29) is 29.2 Å². The first-order valence-electron chi connectivity index (χ1n) is 7.97. The molecule has 0 atom stereocenters. The fourth-order valence-electron chi connectivity index (χ4n) is 3.05. The third-order valence-electron chi connectivity index (χ3n) is 4.44. The van der Waals surface area contributed by atoms with Gasteiger partial charge in [0.15, 0.2) is 17.8 Å². The van der Waals surface area contributed by atoms with Crippen molar-refractivity contribution in [2.45, 2.75) is 19.9 Å². The molecule has 0 bridgehead atoms. The van der Waals surface area contributed by atoms with Crippen LogP contribution in [0.3, 0.4) is 0 Å². The van der Waals surface area contributed by atoms with Gasteiger partial charge >= 0.3 is 0 Å². The van der Waals surface area contributed by atoms with E-state index in [2.05, 4.69) is 0 Å². The van der Waals surface area contributed by atoms with Crippen molar-refractivity contribution in [3.05, 3.63) is 63.7 Å². The van der Waals surface area contributed by atoms with Gasteiger partial charge in [-0.1, -0.05) is 37.3 Å². The normalized spacial score (nSPS) is 11.0. The van der Waals surface area contributed by atoms with Crippen molar-refractivity contribution < 1.29 is 14.7 Å². The van der Waals surface area contributed by atoms with Crippen molar-refractivity contribution in [3.63, 3.8) is 0 Å². The molecule has 0 amide bonds. The number of aldehydes is 1. The fourth-order valence-corrected chi connectivity index (χ4v) is 3.05. The molecule has 0 fully saturated rings. The zero-order chi connectivity index (χ0) is 18.1. The lowest BCUT2D eigenvalue weighted by molar-refractivity contribution is 0.0969. The predicted molar refractivity (Wildman–Crippen MR) is 94.4 cm³/mol. The predicted octanol–water partition coefficient (Wildman–Crippen LogP) is 2.30. The standard InChI is InChI=1S/C19H18N2O4/c1-3-13-9-14-17(18(24)15(11-22)20(14)2)19(25)21(13)10-16(23)12-7-5-4-6-8-12/h4-9,11,24H,3,10H2,1-2H3. The van der Waals surface area contributed by atoms with Gasteiger partial charge in [0, 0.05) is 18.3 Å². The van der Waals surface area contributed by atoms with Crippen LogP contribution in [0.4, 0.5) is 0 Å². The number of hydrogen-bond donors (Lipinski definition) is 1. The second-order valence-electron chi connectivity index (χ2n) is 5.84. The molecule has 3 rings (SSSR count). The highest BCUT2D eigenvalue weighted by atomic mass is 16.3. The van der Waals surface area contributed by atoms with E-state index in [1.165, 1.54) is 9.13 Å². The molecule has 0 saturated carbocycles. The number of carbonyl (C=O) groups excluding carboxylic acids is 2. The molecule has 0 saturated heterocycles. The lowest BCUT2D eigenvalue weighted by atomic mass is 10.1. The van der Waals surface area contributed by atoms with Crippen LogP contribution in [0.2, 0.25) is 0 Å². The number of Topliss-reactive ketones (excluding diaryl/α,β-unsaturated/α-hetero) is 1. The van der Waals surface area contributed by atoms with Crippen molar-refractivity contribution in [3.8, 4) is 5.75 Å². The molecule has 0 aliphatic carbocycles. The van der Waals surface area contributed by atoms with Gasteiger partial charge in [0.25, 0.3) is 5.56 Å². The summed E-state index contributed by atoms with van der Waals surface area (Å²) in [5.41, 5.74) is 1.23. The number of aromatic hydroxyl groups is 1. The molecule has 3 aromatic rings. The van der Waals surface area contributed by atoms with Gasteiger partial charge in [-0.15, -0.1) is 0 Å². The number of carbonyl (C=O) groups is 2. The third kappa shape index (κ3) is 2.65. The highest BCUT2D eigenvalue weighted by molar-refractivity contribution is 5.97. The van der Waals surface area contributed by atoms with Crippen LogP contribution < -0.4 is 5.56 Å². The molecule has 2 aromatic heterocycles. The summed E-state index contributed by atoms with van der Waals surface area (Å²) < 4.78 is 2.85. The number of benzene rings is 1.